The van der Waals surface area contributed by atoms with Gasteiger partial charge in [0.25, 0.3) is 11.5 Å². The van der Waals surface area contributed by atoms with Crippen molar-refractivity contribution in [2.75, 3.05) is 26.2 Å². The average molecular weight is 456 g/mol. The Labute approximate surface area is 195 Å². The van der Waals surface area contributed by atoms with Gasteiger partial charge in [-0.05, 0) is 31.2 Å². The zero-order valence-corrected chi connectivity index (χ0v) is 18.9. The van der Waals surface area contributed by atoms with Crippen LogP contribution in [0.25, 0.3) is 27.6 Å². The summed E-state index contributed by atoms with van der Waals surface area (Å²) < 4.78 is 3.65. The molecule has 0 unspecified atom stereocenters. The van der Waals surface area contributed by atoms with Crippen molar-refractivity contribution in [2.45, 2.75) is 20.0 Å². The monoisotopic (exact) mass is 455 g/mol. The maximum Gasteiger partial charge on any atom is 0.270 e. The van der Waals surface area contributed by atoms with Crippen molar-refractivity contribution in [1.29, 1.82) is 0 Å². The van der Waals surface area contributed by atoms with Gasteiger partial charge >= 0.3 is 0 Å². The minimum absolute atomic E-state index is 0.0294. The van der Waals surface area contributed by atoms with E-state index in [2.05, 4.69) is 20.1 Å². The Hall–Kier alpha value is -3.98. The molecule has 2 aromatic carbocycles. The number of benzene rings is 2. The van der Waals surface area contributed by atoms with Crippen LogP contribution < -0.4 is 5.56 Å². The van der Waals surface area contributed by atoms with E-state index in [1.807, 2.05) is 70.8 Å². The van der Waals surface area contributed by atoms with Crippen LogP contribution in [0.1, 0.15) is 23.2 Å². The summed E-state index contributed by atoms with van der Waals surface area (Å²) in [6.07, 6.45) is 0. The highest BCUT2D eigenvalue weighted by Gasteiger charge is 2.25. The first-order chi connectivity index (χ1) is 16.6. The number of aromatic amines is 1. The molecule has 0 aliphatic carbocycles. The first-order valence-corrected chi connectivity index (χ1v) is 11.6. The number of carbonyl (C=O) groups is 1. The van der Waals surface area contributed by atoms with Crippen LogP contribution in [0, 0.1) is 0 Å². The molecule has 34 heavy (non-hydrogen) atoms. The molecule has 1 fully saturated rings. The predicted molar refractivity (Wildman–Crippen MR) is 130 cm³/mol. The zero-order valence-electron chi connectivity index (χ0n) is 18.9. The third-order valence-corrected chi connectivity index (χ3v) is 6.68. The Bertz CT molecular complexity index is 1550. The number of amides is 1. The molecule has 0 atom stereocenters. The Morgan fingerprint density at radius 2 is 1.76 bits per heavy atom. The number of piperazine rings is 1. The van der Waals surface area contributed by atoms with E-state index in [1.54, 1.807) is 4.57 Å². The van der Waals surface area contributed by atoms with Crippen LogP contribution in [0.15, 0.2) is 59.4 Å². The molecule has 5 aromatic rings. The summed E-state index contributed by atoms with van der Waals surface area (Å²) in [7, 11) is 0. The highest BCUT2D eigenvalue weighted by molar-refractivity contribution is 5.98. The molecule has 9 nitrogen and oxygen atoms in total. The van der Waals surface area contributed by atoms with E-state index in [1.165, 1.54) is 0 Å². The van der Waals surface area contributed by atoms with Crippen LogP contribution in [0.2, 0.25) is 0 Å². The quantitative estimate of drug-likeness (QED) is 0.450. The Balaban J connectivity index is 1.23. The maximum absolute atomic E-state index is 13.0. The molecule has 6 rings (SSSR count). The van der Waals surface area contributed by atoms with Gasteiger partial charge in [-0.1, -0.05) is 30.3 Å². The third kappa shape index (κ3) is 3.28. The van der Waals surface area contributed by atoms with Gasteiger partial charge in [0.15, 0.2) is 5.82 Å². The fourth-order valence-corrected chi connectivity index (χ4v) is 4.87. The van der Waals surface area contributed by atoms with Gasteiger partial charge in [0, 0.05) is 43.6 Å². The number of aryl methyl sites for hydroxylation is 1. The number of aromatic nitrogens is 5. The summed E-state index contributed by atoms with van der Waals surface area (Å²) >= 11 is 0. The first kappa shape index (κ1) is 20.6. The largest absolute Gasteiger partial charge is 0.351 e. The molecular formula is C25H25N7O2. The Kier molecular flexibility index (Phi) is 4.91. The lowest BCUT2D eigenvalue weighted by Crippen LogP contribution is -2.48. The lowest BCUT2D eigenvalue weighted by Gasteiger charge is -2.34. The van der Waals surface area contributed by atoms with Crippen LogP contribution in [0.5, 0.6) is 0 Å². The first-order valence-electron chi connectivity index (χ1n) is 11.6. The summed E-state index contributed by atoms with van der Waals surface area (Å²) in [5, 5.41) is 10.5. The van der Waals surface area contributed by atoms with Gasteiger partial charge in [0.2, 0.25) is 5.78 Å². The van der Waals surface area contributed by atoms with Crippen LogP contribution in [0.3, 0.4) is 0 Å². The molecule has 4 heterocycles. The minimum Gasteiger partial charge on any atom is -0.351 e. The number of H-pyrrole nitrogens is 1. The molecule has 3 aromatic heterocycles. The Morgan fingerprint density at radius 1 is 1.00 bits per heavy atom. The van der Waals surface area contributed by atoms with Crippen molar-refractivity contribution in [3.05, 3.63) is 76.5 Å². The second kappa shape index (κ2) is 8.11. The van der Waals surface area contributed by atoms with Crippen molar-refractivity contribution in [3.8, 4) is 0 Å². The summed E-state index contributed by atoms with van der Waals surface area (Å²) in [5.41, 5.74) is 2.37. The molecule has 1 aliphatic heterocycles. The molecule has 1 aliphatic rings. The molecule has 0 saturated carbocycles. The van der Waals surface area contributed by atoms with Gasteiger partial charge in [-0.3, -0.25) is 23.5 Å². The average Bonchev–Trinajstić information content (AvgIpc) is 3.49. The molecule has 9 heteroatoms. The van der Waals surface area contributed by atoms with E-state index in [0.29, 0.717) is 43.0 Å². The van der Waals surface area contributed by atoms with E-state index in [0.717, 1.165) is 35.3 Å². The number of hydrogen-bond donors (Lipinski definition) is 1. The van der Waals surface area contributed by atoms with Crippen LogP contribution in [-0.2, 0) is 13.1 Å². The number of carbonyl (C=O) groups excluding carboxylic acids is 1. The molecule has 0 radical (unpaired) electrons. The predicted octanol–water partition coefficient (Wildman–Crippen LogP) is 2.50. The summed E-state index contributed by atoms with van der Waals surface area (Å²) in [4.78, 5) is 33.3. The van der Waals surface area contributed by atoms with Crippen molar-refractivity contribution >= 4 is 33.5 Å². The molecule has 1 N–H and O–H groups in total. The highest BCUT2D eigenvalue weighted by Crippen LogP contribution is 2.19. The lowest BCUT2D eigenvalue weighted by molar-refractivity contribution is 0.0620. The standard InChI is InChI=1S/C25H25N7O2/c1-2-31-23(33)18-8-4-6-10-21(18)32-22(27-28-25(31)32)16-29-11-13-30(14-12-29)24(34)20-15-17-7-3-5-9-19(17)26-20/h3-10,15,26H,2,11-14,16H2,1H3. The van der Waals surface area contributed by atoms with Crippen molar-refractivity contribution in [2.24, 2.45) is 0 Å². The fourth-order valence-electron chi connectivity index (χ4n) is 4.87. The number of hydrogen-bond acceptors (Lipinski definition) is 5. The number of para-hydroxylation sites is 2. The number of nitrogens with zero attached hydrogens (tertiary/aromatic N) is 6. The highest BCUT2D eigenvalue weighted by atomic mass is 16.2. The summed E-state index contributed by atoms with van der Waals surface area (Å²) in [5.74, 6) is 1.39. The fraction of sp³-hybridized carbons (Fsp3) is 0.280. The van der Waals surface area contributed by atoms with Gasteiger partial charge in [-0.2, -0.15) is 0 Å². The minimum atomic E-state index is -0.0475. The summed E-state index contributed by atoms with van der Waals surface area (Å²) in [6, 6.07) is 17.4. The van der Waals surface area contributed by atoms with E-state index >= 15 is 0 Å². The van der Waals surface area contributed by atoms with E-state index in [-0.39, 0.29) is 11.5 Å². The molecule has 0 spiro atoms. The maximum atomic E-state index is 13.0. The van der Waals surface area contributed by atoms with Gasteiger partial charge in [-0.25, -0.2) is 0 Å². The van der Waals surface area contributed by atoms with Crippen LogP contribution >= 0.6 is 0 Å². The van der Waals surface area contributed by atoms with Crippen molar-refractivity contribution < 1.29 is 4.79 Å². The van der Waals surface area contributed by atoms with Crippen LogP contribution in [-0.4, -0.2) is 66.0 Å². The molecule has 0 bridgehead atoms. The van der Waals surface area contributed by atoms with Gasteiger partial charge in [0.1, 0.15) is 5.69 Å². The number of rotatable bonds is 4. The molecular weight excluding hydrogens is 430 g/mol. The van der Waals surface area contributed by atoms with Gasteiger partial charge in [-0.15, -0.1) is 10.2 Å². The molecule has 172 valence electrons. The van der Waals surface area contributed by atoms with Crippen molar-refractivity contribution in [1.82, 2.24) is 33.9 Å². The second-order valence-electron chi connectivity index (χ2n) is 8.66. The van der Waals surface area contributed by atoms with E-state index < -0.39 is 0 Å². The smallest absolute Gasteiger partial charge is 0.270 e. The van der Waals surface area contributed by atoms with Gasteiger partial charge < -0.3 is 9.88 Å². The summed E-state index contributed by atoms with van der Waals surface area (Å²) in [6.45, 7) is 5.84. The second-order valence-corrected chi connectivity index (χ2v) is 8.66. The third-order valence-electron chi connectivity index (χ3n) is 6.68. The zero-order chi connectivity index (χ0) is 23.2. The van der Waals surface area contributed by atoms with E-state index in [4.69, 9.17) is 0 Å². The number of fused-ring (bicyclic) bond motifs is 4. The molecule has 1 amide bonds. The van der Waals surface area contributed by atoms with Crippen LogP contribution in [0.4, 0.5) is 0 Å². The SMILES string of the molecule is CCn1c(=O)c2ccccc2n2c(CN3CCN(C(=O)c4cc5ccccc5[nH]4)CC3)nnc12. The Morgan fingerprint density at radius 3 is 2.56 bits per heavy atom. The number of nitrogens with one attached hydrogen (secondary N) is 1. The molecule has 1 saturated heterocycles. The normalized spacial score (nSPS) is 15.0. The van der Waals surface area contributed by atoms with Gasteiger partial charge in [0.05, 0.1) is 17.4 Å². The van der Waals surface area contributed by atoms with Crippen molar-refractivity contribution in [3.63, 3.8) is 0 Å². The van der Waals surface area contributed by atoms with E-state index in [9.17, 15) is 9.59 Å². The lowest BCUT2D eigenvalue weighted by atomic mass is 10.2. The topological polar surface area (TPSA) is 91.5 Å².